The quantitative estimate of drug-likeness (QED) is 0.717. The molecule has 0 spiro atoms. The third kappa shape index (κ3) is 1.72. The van der Waals surface area contributed by atoms with E-state index in [0.29, 0.717) is 5.75 Å². The highest BCUT2D eigenvalue weighted by molar-refractivity contribution is 5.99. The van der Waals surface area contributed by atoms with Gasteiger partial charge in [0.1, 0.15) is 11.5 Å². The van der Waals surface area contributed by atoms with Gasteiger partial charge >= 0.3 is 0 Å². The number of hydrogen-bond donors (Lipinski definition) is 1. The van der Waals surface area contributed by atoms with E-state index in [-0.39, 0.29) is 0 Å². The molecule has 104 valence electrons. The van der Waals surface area contributed by atoms with E-state index in [0.717, 1.165) is 40.5 Å². The summed E-state index contributed by atoms with van der Waals surface area (Å²) < 4.78 is 5.41. The van der Waals surface area contributed by atoms with Crippen molar-refractivity contribution in [3.8, 4) is 22.6 Å². The van der Waals surface area contributed by atoms with Crippen molar-refractivity contribution in [3.63, 3.8) is 0 Å². The Kier molecular flexibility index (Phi) is 2.64. The molecule has 0 aliphatic heterocycles. The summed E-state index contributed by atoms with van der Waals surface area (Å²) in [5.74, 6) is 1.10. The average Bonchev–Trinajstić information content (AvgIpc) is 2.54. The van der Waals surface area contributed by atoms with E-state index >= 15 is 0 Å². The Morgan fingerprint density at radius 2 is 1.81 bits per heavy atom. The topological polar surface area (TPSA) is 29.5 Å². The number of aromatic hydroxyl groups is 1. The number of phenols is 1. The molecule has 2 nitrogen and oxygen atoms in total. The van der Waals surface area contributed by atoms with Gasteiger partial charge in [0, 0.05) is 5.56 Å². The first-order chi connectivity index (χ1) is 10.3. The molecule has 0 saturated heterocycles. The lowest BCUT2D eigenvalue weighted by Gasteiger charge is -2.22. The van der Waals surface area contributed by atoms with Crippen LogP contribution in [0.15, 0.2) is 48.5 Å². The van der Waals surface area contributed by atoms with Crippen molar-refractivity contribution in [2.24, 2.45) is 0 Å². The highest BCUT2D eigenvalue weighted by Crippen LogP contribution is 2.44. The first-order valence-electron chi connectivity index (χ1n) is 7.19. The van der Waals surface area contributed by atoms with Crippen molar-refractivity contribution < 1.29 is 9.84 Å². The summed E-state index contributed by atoms with van der Waals surface area (Å²) in [5.41, 5.74) is 4.77. The molecule has 2 heteroatoms. The van der Waals surface area contributed by atoms with E-state index in [1.807, 2.05) is 18.2 Å². The maximum Gasteiger partial charge on any atom is 0.130 e. The van der Waals surface area contributed by atoms with Gasteiger partial charge in [0.05, 0.1) is 12.5 Å². The minimum Gasteiger partial charge on any atom is -0.507 e. The third-order valence-electron chi connectivity index (χ3n) is 4.38. The average molecular weight is 276 g/mol. The monoisotopic (exact) mass is 276 g/mol. The van der Waals surface area contributed by atoms with Gasteiger partial charge in [0.15, 0.2) is 0 Å². The fourth-order valence-electron chi connectivity index (χ4n) is 3.37. The van der Waals surface area contributed by atoms with Gasteiger partial charge in [-0.3, -0.25) is 0 Å². The standard InChI is InChI=1S/C19H16O2/c1-21-17-8-4-6-13-11-16-14-7-3-2-5-12(14)9-10-15(16)19(20)18(13)17/h2-8,11,20H,9-10H2,1H3. The van der Waals surface area contributed by atoms with E-state index in [9.17, 15) is 5.11 Å². The Balaban J connectivity index is 2.10. The van der Waals surface area contributed by atoms with Crippen molar-refractivity contribution in [1.29, 1.82) is 0 Å². The number of methoxy groups -OCH3 is 1. The molecule has 0 fully saturated rings. The number of rotatable bonds is 1. The molecule has 0 unspecified atom stereocenters. The van der Waals surface area contributed by atoms with Crippen LogP contribution in [-0.4, -0.2) is 12.2 Å². The zero-order valence-electron chi connectivity index (χ0n) is 11.9. The second-order valence-corrected chi connectivity index (χ2v) is 5.47. The first kappa shape index (κ1) is 12.3. The Labute approximate surface area is 123 Å². The molecule has 3 aromatic carbocycles. The first-order valence-corrected chi connectivity index (χ1v) is 7.19. The van der Waals surface area contributed by atoms with Crippen LogP contribution in [-0.2, 0) is 12.8 Å². The van der Waals surface area contributed by atoms with E-state index < -0.39 is 0 Å². The number of benzene rings is 3. The molecular formula is C19H16O2. The molecule has 0 aromatic heterocycles. The van der Waals surface area contributed by atoms with Crippen LogP contribution in [0.25, 0.3) is 21.9 Å². The van der Waals surface area contributed by atoms with Gasteiger partial charge in [-0.15, -0.1) is 0 Å². The summed E-state index contributed by atoms with van der Waals surface area (Å²) in [4.78, 5) is 0. The molecule has 0 radical (unpaired) electrons. The van der Waals surface area contributed by atoms with Crippen LogP contribution in [0, 0.1) is 0 Å². The molecule has 21 heavy (non-hydrogen) atoms. The molecule has 1 N–H and O–H groups in total. The largest absolute Gasteiger partial charge is 0.507 e. The minimum atomic E-state index is 0.370. The summed E-state index contributed by atoms with van der Waals surface area (Å²) in [5, 5.41) is 12.6. The zero-order chi connectivity index (χ0) is 14.4. The second-order valence-electron chi connectivity index (χ2n) is 5.47. The Morgan fingerprint density at radius 1 is 0.952 bits per heavy atom. The highest BCUT2D eigenvalue weighted by Gasteiger charge is 2.21. The molecule has 0 amide bonds. The SMILES string of the molecule is COc1cccc2cc3c(c(O)c12)CCc1ccccc1-3. The predicted octanol–water partition coefficient (Wildman–Crippen LogP) is 4.32. The summed E-state index contributed by atoms with van der Waals surface area (Å²) in [6, 6.07) is 16.5. The van der Waals surface area contributed by atoms with Crippen LogP contribution >= 0.6 is 0 Å². The van der Waals surface area contributed by atoms with Crippen molar-refractivity contribution in [2.45, 2.75) is 12.8 Å². The third-order valence-corrected chi connectivity index (χ3v) is 4.38. The Hall–Kier alpha value is -2.48. The van der Waals surface area contributed by atoms with Gasteiger partial charge in [0.25, 0.3) is 0 Å². The van der Waals surface area contributed by atoms with Crippen molar-refractivity contribution in [3.05, 3.63) is 59.7 Å². The molecule has 0 bridgehead atoms. The van der Waals surface area contributed by atoms with Gasteiger partial charge in [-0.2, -0.15) is 0 Å². The van der Waals surface area contributed by atoms with Crippen molar-refractivity contribution in [1.82, 2.24) is 0 Å². The van der Waals surface area contributed by atoms with Crippen LogP contribution in [0.4, 0.5) is 0 Å². The smallest absolute Gasteiger partial charge is 0.130 e. The molecule has 1 aliphatic rings. The maximum atomic E-state index is 10.8. The number of ether oxygens (including phenoxy) is 1. The van der Waals surface area contributed by atoms with Gasteiger partial charge in [-0.05, 0) is 47.1 Å². The lowest BCUT2D eigenvalue weighted by atomic mass is 9.83. The number of aryl methyl sites for hydroxylation is 1. The van der Waals surface area contributed by atoms with E-state index in [1.54, 1.807) is 7.11 Å². The second kappa shape index (κ2) is 4.52. The predicted molar refractivity (Wildman–Crippen MR) is 85.0 cm³/mol. The fourth-order valence-corrected chi connectivity index (χ4v) is 3.37. The molecular weight excluding hydrogens is 260 g/mol. The van der Waals surface area contributed by atoms with E-state index in [2.05, 4.69) is 30.3 Å². The lowest BCUT2D eigenvalue weighted by Crippen LogP contribution is -2.04. The van der Waals surface area contributed by atoms with Gasteiger partial charge in [-0.25, -0.2) is 0 Å². The van der Waals surface area contributed by atoms with Crippen LogP contribution in [0.1, 0.15) is 11.1 Å². The highest BCUT2D eigenvalue weighted by atomic mass is 16.5. The molecule has 0 atom stereocenters. The maximum absolute atomic E-state index is 10.8. The van der Waals surface area contributed by atoms with Crippen LogP contribution < -0.4 is 4.74 Å². The summed E-state index contributed by atoms with van der Waals surface area (Å²) in [7, 11) is 1.64. The van der Waals surface area contributed by atoms with E-state index in [4.69, 9.17) is 4.74 Å². The van der Waals surface area contributed by atoms with Crippen LogP contribution in [0.2, 0.25) is 0 Å². The normalized spacial score (nSPS) is 12.8. The molecule has 4 rings (SSSR count). The van der Waals surface area contributed by atoms with E-state index in [1.165, 1.54) is 11.1 Å². The Morgan fingerprint density at radius 3 is 2.67 bits per heavy atom. The number of fused-ring (bicyclic) bond motifs is 4. The van der Waals surface area contributed by atoms with Gasteiger partial charge in [-0.1, -0.05) is 36.4 Å². The fraction of sp³-hybridized carbons (Fsp3) is 0.158. The van der Waals surface area contributed by atoms with Crippen LogP contribution in [0.3, 0.4) is 0 Å². The van der Waals surface area contributed by atoms with Crippen LogP contribution in [0.5, 0.6) is 11.5 Å². The molecule has 0 heterocycles. The number of phenolic OH excluding ortho intramolecular Hbond substituents is 1. The molecule has 3 aromatic rings. The summed E-state index contributed by atoms with van der Waals surface area (Å²) in [6.07, 6.45) is 1.84. The molecule has 1 aliphatic carbocycles. The summed E-state index contributed by atoms with van der Waals surface area (Å²) in [6.45, 7) is 0. The summed E-state index contributed by atoms with van der Waals surface area (Å²) >= 11 is 0. The minimum absolute atomic E-state index is 0.370. The molecule has 0 saturated carbocycles. The van der Waals surface area contributed by atoms with Gasteiger partial charge < -0.3 is 9.84 Å². The Bertz CT molecular complexity index is 850. The zero-order valence-corrected chi connectivity index (χ0v) is 11.9. The van der Waals surface area contributed by atoms with Gasteiger partial charge in [0.2, 0.25) is 0 Å². The van der Waals surface area contributed by atoms with Crippen molar-refractivity contribution in [2.75, 3.05) is 7.11 Å². The number of hydrogen-bond acceptors (Lipinski definition) is 2. The lowest BCUT2D eigenvalue weighted by molar-refractivity contribution is 0.415. The van der Waals surface area contributed by atoms with Crippen molar-refractivity contribution >= 4 is 10.8 Å².